The van der Waals surface area contributed by atoms with Crippen LogP contribution in [0.2, 0.25) is 0 Å². The summed E-state index contributed by atoms with van der Waals surface area (Å²) in [6.45, 7) is 11.9. The van der Waals surface area contributed by atoms with E-state index < -0.39 is 6.17 Å². The number of hydrogen-bond acceptors (Lipinski definition) is 2. The van der Waals surface area contributed by atoms with Gasteiger partial charge in [-0.05, 0) is 79.2 Å². The van der Waals surface area contributed by atoms with Crippen molar-refractivity contribution in [2.24, 2.45) is 0 Å². The van der Waals surface area contributed by atoms with Crippen molar-refractivity contribution in [2.75, 3.05) is 7.11 Å². The Labute approximate surface area is 164 Å². The third-order valence-electron chi connectivity index (χ3n) is 5.67. The number of rotatable bonds is 6. The molecule has 0 radical (unpaired) electrons. The molecule has 2 nitrogen and oxygen atoms in total. The lowest BCUT2D eigenvalue weighted by Crippen LogP contribution is -2.20. The van der Waals surface area contributed by atoms with E-state index in [0.717, 1.165) is 49.0 Å². The molecule has 1 aromatic carbocycles. The molecule has 1 aromatic rings. The molecule has 1 aliphatic rings. The molecule has 2 rings (SSSR count). The first-order valence-electron chi connectivity index (χ1n) is 10.3. The van der Waals surface area contributed by atoms with Gasteiger partial charge in [0.2, 0.25) is 0 Å². The van der Waals surface area contributed by atoms with Crippen molar-refractivity contribution >= 4 is 11.4 Å². The standard InChI is InChI=1S/C24H35FO2/c1-8-16(17(9-2)22(26)15(3)25)20-14-21(24(4,5)6)23(27-7)19-13-11-10-12-18(19)20/h14-15H,8-13H2,1-7H3. The van der Waals surface area contributed by atoms with Crippen LogP contribution in [-0.2, 0) is 23.1 Å². The summed E-state index contributed by atoms with van der Waals surface area (Å²) < 4.78 is 19.7. The largest absolute Gasteiger partial charge is 0.496 e. The van der Waals surface area contributed by atoms with Crippen LogP contribution < -0.4 is 4.74 Å². The summed E-state index contributed by atoms with van der Waals surface area (Å²) >= 11 is 0. The molecule has 0 amide bonds. The zero-order chi connectivity index (χ0) is 20.4. The number of carbonyl (C=O) groups excluding carboxylic acids is 1. The van der Waals surface area contributed by atoms with Crippen LogP contribution in [0.3, 0.4) is 0 Å². The van der Waals surface area contributed by atoms with Gasteiger partial charge in [0.25, 0.3) is 0 Å². The van der Waals surface area contributed by atoms with Gasteiger partial charge in [-0.1, -0.05) is 34.6 Å². The maximum Gasteiger partial charge on any atom is 0.192 e. The highest BCUT2D eigenvalue weighted by atomic mass is 19.1. The maximum absolute atomic E-state index is 13.9. The second-order valence-electron chi connectivity index (χ2n) is 8.56. The van der Waals surface area contributed by atoms with Crippen LogP contribution in [0.4, 0.5) is 4.39 Å². The maximum atomic E-state index is 13.9. The van der Waals surface area contributed by atoms with Crippen molar-refractivity contribution in [1.82, 2.24) is 0 Å². The fourth-order valence-electron chi connectivity index (χ4n) is 4.32. The number of halogens is 1. The molecule has 1 unspecified atom stereocenters. The van der Waals surface area contributed by atoms with E-state index in [0.29, 0.717) is 12.0 Å². The van der Waals surface area contributed by atoms with Gasteiger partial charge >= 0.3 is 0 Å². The Balaban J connectivity index is 2.87. The van der Waals surface area contributed by atoms with Gasteiger partial charge in [-0.15, -0.1) is 0 Å². The van der Waals surface area contributed by atoms with Crippen molar-refractivity contribution in [2.45, 2.75) is 91.7 Å². The minimum Gasteiger partial charge on any atom is -0.496 e. The van der Waals surface area contributed by atoms with Crippen molar-refractivity contribution < 1.29 is 13.9 Å². The summed E-state index contributed by atoms with van der Waals surface area (Å²) in [5.41, 5.74) is 6.48. The van der Waals surface area contributed by atoms with Gasteiger partial charge < -0.3 is 4.74 Å². The second-order valence-corrected chi connectivity index (χ2v) is 8.56. The van der Waals surface area contributed by atoms with Crippen molar-refractivity contribution in [3.8, 4) is 5.75 Å². The first-order chi connectivity index (χ1) is 12.7. The number of carbonyl (C=O) groups is 1. The topological polar surface area (TPSA) is 26.3 Å². The Morgan fingerprint density at radius 1 is 1.15 bits per heavy atom. The highest BCUT2D eigenvalue weighted by Crippen LogP contribution is 2.43. The number of allylic oxidation sites excluding steroid dienone is 2. The van der Waals surface area contributed by atoms with E-state index in [-0.39, 0.29) is 11.2 Å². The molecular weight excluding hydrogens is 339 g/mol. The lowest BCUT2D eigenvalue weighted by Gasteiger charge is -2.31. The summed E-state index contributed by atoms with van der Waals surface area (Å²) in [7, 11) is 1.75. The fourth-order valence-corrected chi connectivity index (χ4v) is 4.32. The molecule has 0 aliphatic heterocycles. The zero-order valence-electron chi connectivity index (χ0n) is 18.1. The number of alkyl halides is 1. The average molecular weight is 375 g/mol. The Bertz CT molecular complexity index is 736. The normalized spacial score (nSPS) is 16.4. The molecule has 27 heavy (non-hydrogen) atoms. The predicted octanol–water partition coefficient (Wildman–Crippen LogP) is 6.37. The molecule has 1 aliphatic carbocycles. The molecule has 150 valence electrons. The van der Waals surface area contributed by atoms with Crippen LogP contribution in [-0.4, -0.2) is 19.1 Å². The van der Waals surface area contributed by atoms with E-state index in [1.807, 2.05) is 6.92 Å². The van der Waals surface area contributed by atoms with E-state index in [4.69, 9.17) is 4.74 Å². The summed E-state index contributed by atoms with van der Waals surface area (Å²) in [6.07, 6.45) is 4.11. The molecular formula is C24H35FO2. The van der Waals surface area contributed by atoms with Crippen LogP contribution in [0.1, 0.15) is 89.5 Å². The molecule has 1 atom stereocenters. The SMILES string of the molecule is CCC(C(=O)C(C)F)=C(CC)c1cc(C(C)(C)C)c(OC)c2c1CCCC2. The van der Waals surface area contributed by atoms with Crippen molar-refractivity contribution in [3.05, 3.63) is 33.9 Å². The molecule has 0 saturated heterocycles. The summed E-state index contributed by atoms with van der Waals surface area (Å²) in [4.78, 5) is 12.6. The first-order valence-corrected chi connectivity index (χ1v) is 10.3. The first kappa shape index (κ1) is 21.7. The molecule has 0 saturated carbocycles. The third kappa shape index (κ3) is 4.28. The summed E-state index contributed by atoms with van der Waals surface area (Å²) in [5, 5.41) is 0. The monoisotopic (exact) mass is 374 g/mol. The van der Waals surface area contributed by atoms with Crippen LogP contribution in [0.15, 0.2) is 11.6 Å². The average Bonchev–Trinajstić information content (AvgIpc) is 2.63. The molecule has 3 heteroatoms. The predicted molar refractivity (Wildman–Crippen MR) is 111 cm³/mol. The van der Waals surface area contributed by atoms with Gasteiger partial charge in [-0.2, -0.15) is 0 Å². The number of fused-ring (bicyclic) bond motifs is 1. The van der Waals surface area contributed by atoms with Gasteiger partial charge in [0.05, 0.1) is 7.11 Å². The highest BCUT2D eigenvalue weighted by molar-refractivity contribution is 6.05. The van der Waals surface area contributed by atoms with Gasteiger partial charge in [0, 0.05) is 11.1 Å². The van der Waals surface area contributed by atoms with Crippen LogP contribution in [0.25, 0.3) is 5.57 Å². The van der Waals surface area contributed by atoms with Gasteiger partial charge in [-0.3, -0.25) is 4.79 Å². The van der Waals surface area contributed by atoms with Crippen LogP contribution >= 0.6 is 0 Å². The third-order valence-corrected chi connectivity index (χ3v) is 5.67. The van der Waals surface area contributed by atoms with Gasteiger partial charge in [0.1, 0.15) is 5.75 Å². The number of ether oxygens (including phenoxy) is 1. The van der Waals surface area contributed by atoms with E-state index >= 15 is 0 Å². The Kier molecular flexibility index (Phi) is 6.88. The molecule has 0 bridgehead atoms. The molecule has 0 aromatic heterocycles. The number of hydrogen-bond donors (Lipinski definition) is 0. The quantitative estimate of drug-likeness (QED) is 0.541. The Morgan fingerprint density at radius 3 is 2.19 bits per heavy atom. The van der Waals surface area contributed by atoms with Crippen molar-refractivity contribution in [1.29, 1.82) is 0 Å². The van der Waals surface area contributed by atoms with Gasteiger partial charge in [0.15, 0.2) is 12.0 Å². The molecule has 0 heterocycles. The Morgan fingerprint density at radius 2 is 1.74 bits per heavy atom. The Hall–Kier alpha value is -1.64. The van der Waals surface area contributed by atoms with E-state index in [2.05, 4.69) is 33.8 Å². The van der Waals surface area contributed by atoms with E-state index in [9.17, 15) is 9.18 Å². The molecule has 0 fully saturated rings. The van der Waals surface area contributed by atoms with E-state index in [1.165, 1.54) is 23.6 Å². The second kappa shape index (κ2) is 8.58. The molecule has 0 spiro atoms. The number of benzene rings is 1. The smallest absolute Gasteiger partial charge is 0.192 e. The summed E-state index contributed by atoms with van der Waals surface area (Å²) in [5.74, 6) is 0.631. The number of methoxy groups -OCH3 is 1. The molecule has 0 N–H and O–H groups in total. The fraction of sp³-hybridized carbons (Fsp3) is 0.625. The van der Waals surface area contributed by atoms with Crippen LogP contribution in [0, 0.1) is 0 Å². The minimum absolute atomic E-state index is 0.0742. The lowest BCUT2D eigenvalue weighted by atomic mass is 9.76. The minimum atomic E-state index is -1.46. The van der Waals surface area contributed by atoms with Crippen molar-refractivity contribution in [3.63, 3.8) is 0 Å². The number of Topliss-reactive ketones (excluding diaryl/α,β-unsaturated/α-hetero) is 1. The zero-order valence-corrected chi connectivity index (χ0v) is 18.1. The number of ketones is 1. The highest BCUT2D eigenvalue weighted by Gasteiger charge is 2.29. The van der Waals surface area contributed by atoms with Crippen LogP contribution in [0.5, 0.6) is 5.75 Å². The lowest BCUT2D eigenvalue weighted by molar-refractivity contribution is -0.119. The van der Waals surface area contributed by atoms with E-state index in [1.54, 1.807) is 7.11 Å². The summed E-state index contributed by atoms with van der Waals surface area (Å²) in [6, 6.07) is 2.22. The van der Waals surface area contributed by atoms with Gasteiger partial charge in [-0.25, -0.2) is 4.39 Å².